The number of aromatic nitrogens is 1. The molecule has 172 valence electrons. The fourth-order valence-electron chi connectivity index (χ4n) is 3.38. The van der Waals surface area contributed by atoms with Gasteiger partial charge in [0.25, 0.3) is 11.8 Å². The van der Waals surface area contributed by atoms with Crippen LogP contribution in [0, 0.1) is 6.92 Å². The van der Waals surface area contributed by atoms with Crippen LogP contribution in [0.15, 0.2) is 83.5 Å². The second kappa shape index (κ2) is 10.5. The Hall–Kier alpha value is -4.39. The average Bonchev–Trinajstić information content (AvgIpc) is 3.33. The molecular formula is C27H25N3O4. The molecule has 34 heavy (non-hydrogen) atoms. The summed E-state index contributed by atoms with van der Waals surface area (Å²) in [6.07, 6.45) is 2.12. The van der Waals surface area contributed by atoms with Crippen LogP contribution in [0.2, 0.25) is 0 Å². The van der Waals surface area contributed by atoms with E-state index >= 15 is 0 Å². The number of benzene rings is 3. The van der Waals surface area contributed by atoms with E-state index in [0.717, 1.165) is 11.3 Å². The van der Waals surface area contributed by atoms with Crippen LogP contribution in [-0.2, 0) is 6.42 Å². The van der Waals surface area contributed by atoms with Crippen molar-refractivity contribution in [3.05, 3.63) is 101 Å². The van der Waals surface area contributed by atoms with Gasteiger partial charge in [0.05, 0.1) is 24.1 Å². The first-order valence-corrected chi connectivity index (χ1v) is 10.9. The molecule has 4 aromatic rings. The Morgan fingerprint density at radius 1 is 0.941 bits per heavy atom. The molecule has 0 bridgehead atoms. The molecule has 3 aromatic carbocycles. The lowest BCUT2D eigenvalue weighted by Gasteiger charge is -2.11. The van der Waals surface area contributed by atoms with Crippen molar-refractivity contribution in [2.45, 2.75) is 13.3 Å². The highest BCUT2D eigenvalue weighted by Crippen LogP contribution is 2.20. The Labute approximate surface area is 197 Å². The highest BCUT2D eigenvalue weighted by Gasteiger charge is 2.14. The van der Waals surface area contributed by atoms with Crippen LogP contribution >= 0.6 is 0 Å². The Balaban J connectivity index is 1.35. The number of aryl methyl sites for hydroxylation is 1. The molecule has 0 unspecified atom stereocenters. The Bertz CT molecular complexity index is 1280. The van der Waals surface area contributed by atoms with Gasteiger partial charge < -0.3 is 19.8 Å². The van der Waals surface area contributed by atoms with E-state index in [1.807, 2.05) is 31.2 Å². The third kappa shape index (κ3) is 5.50. The maximum Gasteiger partial charge on any atom is 0.255 e. The molecule has 7 heteroatoms. The molecule has 1 heterocycles. The third-order valence-corrected chi connectivity index (χ3v) is 5.29. The van der Waals surface area contributed by atoms with E-state index in [0.29, 0.717) is 41.4 Å². The van der Waals surface area contributed by atoms with E-state index in [2.05, 4.69) is 15.6 Å². The topological polar surface area (TPSA) is 93.5 Å². The predicted octanol–water partition coefficient (Wildman–Crippen LogP) is 4.88. The first kappa shape index (κ1) is 22.8. The Morgan fingerprint density at radius 2 is 1.68 bits per heavy atom. The van der Waals surface area contributed by atoms with Crippen LogP contribution in [0.4, 0.5) is 5.69 Å². The van der Waals surface area contributed by atoms with E-state index in [9.17, 15) is 9.59 Å². The molecule has 0 aliphatic rings. The number of oxazole rings is 1. The number of methoxy groups -OCH3 is 1. The van der Waals surface area contributed by atoms with Crippen LogP contribution in [0.25, 0.3) is 11.5 Å². The van der Waals surface area contributed by atoms with Crippen LogP contribution < -0.4 is 15.4 Å². The van der Waals surface area contributed by atoms with Crippen LogP contribution in [0.3, 0.4) is 0 Å². The second-order valence-corrected chi connectivity index (χ2v) is 7.74. The summed E-state index contributed by atoms with van der Waals surface area (Å²) in [4.78, 5) is 29.9. The van der Waals surface area contributed by atoms with E-state index in [-0.39, 0.29) is 11.8 Å². The van der Waals surface area contributed by atoms with Crippen molar-refractivity contribution in [1.82, 2.24) is 10.3 Å². The zero-order valence-corrected chi connectivity index (χ0v) is 19.0. The lowest BCUT2D eigenvalue weighted by Crippen LogP contribution is -2.27. The van der Waals surface area contributed by atoms with E-state index in [4.69, 9.17) is 9.15 Å². The van der Waals surface area contributed by atoms with Crippen molar-refractivity contribution in [2.24, 2.45) is 0 Å². The molecule has 4 rings (SSSR count). The van der Waals surface area contributed by atoms with Gasteiger partial charge in [0.2, 0.25) is 5.89 Å². The normalized spacial score (nSPS) is 10.5. The first-order valence-electron chi connectivity index (χ1n) is 10.9. The summed E-state index contributed by atoms with van der Waals surface area (Å²) in [6.45, 7) is 2.40. The number of ether oxygens (including phenoxy) is 1. The van der Waals surface area contributed by atoms with Gasteiger partial charge in [0.15, 0.2) is 0 Å². The van der Waals surface area contributed by atoms with Gasteiger partial charge >= 0.3 is 0 Å². The molecule has 1 aromatic heterocycles. The molecule has 0 atom stereocenters. The lowest BCUT2D eigenvalue weighted by atomic mass is 10.1. The van der Waals surface area contributed by atoms with Gasteiger partial charge in [-0.25, -0.2) is 4.98 Å². The number of amides is 2. The maximum atomic E-state index is 12.8. The summed E-state index contributed by atoms with van der Waals surface area (Å²) in [5.41, 5.74) is 4.10. The number of nitrogens with zero attached hydrogens (tertiary/aromatic N) is 1. The number of nitrogens with one attached hydrogen (secondary N) is 2. The van der Waals surface area contributed by atoms with Gasteiger partial charge in [0.1, 0.15) is 12.0 Å². The molecule has 0 aliphatic carbocycles. The van der Waals surface area contributed by atoms with Gasteiger partial charge in [-0.2, -0.15) is 0 Å². The monoisotopic (exact) mass is 455 g/mol. The summed E-state index contributed by atoms with van der Waals surface area (Å²) in [5.74, 6) is 0.615. The van der Waals surface area contributed by atoms with Gasteiger partial charge in [-0.3, -0.25) is 9.59 Å². The molecule has 2 N–H and O–H groups in total. The third-order valence-electron chi connectivity index (χ3n) is 5.29. The van der Waals surface area contributed by atoms with Crippen molar-refractivity contribution in [2.75, 3.05) is 19.0 Å². The number of anilines is 1. The average molecular weight is 456 g/mol. The SMILES string of the molecule is COc1ccc(C(=O)Nc2ccccc2C(=O)NCCc2coc(-c3ccc(C)cc3)n2)cc1. The molecule has 0 aliphatic heterocycles. The smallest absolute Gasteiger partial charge is 0.255 e. The van der Waals surface area contributed by atoms with E-state index in [1.165, 1.54) is 5.56 Å². The highest BCUT2D eigenvalue weighted by molar-refractivity contribution is 6.09. The number of carbonyl (C=O) groups excluding carboxylic acids is 2. The van der Waals surface area contributed by atoms with Gasteiger partial charge in [-0.05, 0) is 55.5 Å². The van der Waals surface area contributed by atoms with Crippen molar-refractivity contribution in [3.8, 4) is 17.2 Å². The number of hydrogen-bond donors (Lipinski definition) is 2. The second-order valence-electron chi connectivity index (χ2n) is 7.74. The van der Waals surface area contributed by atoms with Crippen LogP contribution in [0.5, 0.6) is 5.75 Å². The summed E-state index contributed by atoms with van der Waals surface area (Å²) >= 11 is 0. The van der Waals surface area contributed by atoms with Crippen molar-refractivity contribution < 1.29 is 18.7 Å². The molecule has 0 spiro atoms. The summed E-state index contributed by atoms with van der Waals surface area (Å²) in [7, 11) is 1.57. The van der Waals surface area contributed by atoms with Crippen molar-refractivity contribution >= 4 is 17.5 Å². The molecule has 0 fully saturated rings. The van der Waals surface area contributed by atoms with Gasteiger partial charge in [-0.1, -0.05) is 29.8 Å². The van der Waals surface area contributed by atoms with Crippen molar-refractivity contribution in [3.63, 3.8) is 0 Å². The van der Waals surface area contributed by atoms with Crippen LogP contribution in [-0.4, -0.2) is 30.5 Å². The van der Waals surface area contributed by atoms with E-state index in [1.54, 1.807) is 61.9 Å². The largest absolute Gasteiger partial charge is 0.497 e. The summed E-state index contributed by atoms with van der Waals surface area (Å²) in [6, 6.07) is 21.6. The Kier molecular flexibility index (Phi) is 7.03. The lowest BCUT2D eigenvalue weighted by molar-refractivity contribution is 0.0955. The maximum absolute atomic E-state index is 12.8. The summed E-state index contributed by atoms with van der Waals surface area (Å²) in [5, 5.41) is 5.69. The minimum Gasteiger partial charge on any atom is -0.497 e. The minimum atomic E-state index is -0.311. The molecule has 0 saturated carbocycles. The first-order chi connectivity index (χ1) is 16.5. The minimum absolute atomic E-state index is 0.284. The summed E-state index contributed by atoms with van der Waals surface area (Å²) < 4.78 is 10.7. The quantitative estimate of drug-likeness (QED) is 0.395. The highest BCUT2D eigenvalue weighted by atomic mass is 16.5. The van der Waals surface area contributed by atoms with Gasteiger partial charge in [0, 0.05) is 24.1 Å². The standard InChI is InChI=1S/C27H25N3O4/c1-18-7-9-20(10-8-18)27-29-21(17-34-27)15-16-28-26(32)23-5-3-4-6-24(23)30-25(31)19-11-13-22(33-2)14-12-19/h3-14,17H,15-16H2,1-2H3,(H,28,32)(H,30,31). The number of para-hydroxylation sites is 1. The van der Waals surface area contributed by atoms with Crippen molar-refractivity contribution in [1.29, 1.82) is 0 Å². The van der Waals surface area contributed by atoms with Crippen LogP contribution in [0.1, 0.15) is 32.0 Å². The number of rotatable bonds is 8. The zero-order chi connectivity index (χ0) is 23.9. The van der Waals surface area contributed by atoms with E-state index < -0.39 is 0 Å². The van der Waals surface area contributed by atoms with Gasteiger partial charge in [-0.15, -0.1) is 0 Å². The molecule has 0 radical (unpaired) electrons. The number of hydrogen-bond acceptors (Lipinski definition) is 5. The fourth-order valence-corrected chi connectivity index (χ4v) is 3.38. The fraction of sp³-hybridized carbons (Fsp3) is 0.148. The Morgan fingerprint density at radius 3 is 2.41 bits per heavy atom. The number of carbonyl (C=O) groups is 2. The molecule has 7 nitrogen and oxygen atoms in total. The zero-order valence-electron chi connectivity index (χ0n) is 19.0. The molecular weight excluding hydrogens is 430 g/mol. The molecule has 0 saturated heterocycles. The molecule has 2 amide bonds. The predicted molar refractivity (Wildman–Crippen MR) is 130 cm³/mol.